The summed E-state index contributed by atoms with van der Waals surface area (Å²) in [6, 6.07) is -7.08. The standard InChI is InChI=1S/C21H30N2O4/c1-12(2)19(25)17(24)10-13(3)20(26)22-18-16-9-7-6-8-15(16)11-14(4)23(5)21(18)27/h6-9,12-14,18-19,25H,10-11H2,1-5H3,(H,22,26)/t13-,14?,18+,19+/m1/s1/i6D,7D,8D,9D,13D,14D,18D. The molecule has 0 aliphatic carbocycles. The van der Waals surface area contributed by atoms with Crippen LogP contribution < -0.4 is 5.32 Å². The first-order valence-corrected chi connectivity index (χ1v) is 8.71. The molecule has 0 saturated heterocycles. The third-order valence-corrected chi connectivity index (χ3v) is 4.57. The summed E-state index contributed by atoms with van der Waals surface area (Å²) >= 11 is 0. The molecule has 0 spiro atoms. The molecule has 2 rings (SSSR count). The summed E-state index contributed by atoms with van der Waals surface area (Å²) in [5.74, 6) is -5.79. The minimum absolute atomic E-state index is 0.172. The number of hydrogen-bond donors (Lipinski definition) is 2. The van der Waals surface area contributed by atoms with Gasteiger partial charge in [-0.15, -0.1) is 0 Å². The van der Waals surface area contributed by atoms with Crippen molar-refractivity contribution in [3.8, 4) is 0 Å². The number of likely N-dealkylation sites (N-methyl/N-ethyl adjacent to an activating group) is 1. The maximum Gasteiger partial charge on any atom is 0.249 e. The molecular weight excluding hydrogens is 344 g/mol. The number of rotatable bonds is 6. The van der Waals surface area contributed by atoms with Crippen LogP contribution in [0.3, 0.4) is 0 Å². The minimum Gasteiger partial charge on any atom is -0.385 e. The van der Waals surface area contributed by atoms with Gasteiger partial charge in [0.2, 0.25) is 11.8 Å². The fourth-order valence-corrected chi connectivity index (χ4v) is 2.66. The van der Waals surface area contributed by atoms with Crippen LogP contribution in [0.1, 0.15) is 60.9 Å². The molecule has 1 aliphatic rings. The van der Waals surface area contributed by atoms with E-state index in [2.05, 4.69) is 5.32 Å². The van der Waals surface area contributed by atoms with Crippen LogP contribution in [0, 0.1) is 11.8 Å². The van der Waals surface area contributed by atoms with Gasteiger partial charge in [0.05, 0.1) is 8.22 Å². The fourth-order valence-electron chi connectivity index (χ4n) is 2.66. The summed E-state index contributed by atoms with van der Waals surface area (Å²) in [5, 5.41) is 12.1. The van der Waals surface area contributed by atoms with Gasteiger partial charge in [0.15, 0.2) is 5.78 Å². The summed E-state index contributed by atoms with van der Waals surface area (Å²) in [5.41, 5.74) is -0.682. The van der Waals surface area contributed by atoms with Crippen molar-refractivity contribution in [2.45, 2.75) is 58.7 Å². The Morgan fingerprint density at radius 2 is 2.04 bits per heavy atom. The number of Topliss-reactive ketones (excluding diaryl/α,β-unsaturated/α-hetero) is 1. The lowest BCUT2D eigenvalue weighted by molar-refractivity contribution is -0.138. The van der Waals surface area contributed by atoms with E-state index < -0.39 is 83.7 Å². The Morgan fingerprint density at radius 3 is 2.67 bits per heavy atom. The molecule has 0 aromatic heterocycles. The van der Waals surface area contributed by atoms with Gasteiger partial charge in [0.25, 0.3) is 0 Å². The lowest BCUT2D eigenvalue weighted by Crippen LogP contribution is -2.44. The molecule has 2 amide bonds. The van der Waals surface area contributed by atoms with E-state index in [1.54, 1.807) is 13.8 Å². The Bertz CT molecular complexity index is 1040. The van der Waals surface area contributed by atoms with Crippen molar-refractivity contribution < 1.29 is 29.1 Å². The quantitative estimate of drug-likeness (QED) is 0.787. The minimum atomic E-state index is -2.79. The van der Waals surface area contributed by atoms with E-state index in [4.69, 9.17) is 9.60 Å². The number of carbonyl (C=O) groups is 3. The van der Waals surface area contributed by atoms with Gasteiger partial charge < -0.3 is 15.3 Å². The highest BCUT2D eigenvalue weighted by Crippen LogP contribution is 2.27. The number of aliphatic hydroxyl groups is 1. The molecule has 1 aromatic carbocycles. The number of nitrogens with zero attached hydrogens (tertiary/aromatic N) is 1. The van der Waals surface area contributed by atoms with Crippen LogP contribution in [0.25, 0.3) is 0 Å². The van der Waals surface area contributed by atoms with Crippen LogP contribution in [-0.4, -0.2) is 46.8 Å². The summed E-state index contributed by atoms with van der Waals surface area (Å²) in [6.45, 7) is 5.59. The largest absolute Gasteiger partial charge is 0.385 e. The van der Waals surface area contributed by atoms with Crippen LogP contribution in [0.5, 0.6) is 0 Å². The van der Waals surface area contributed by atoms with E-state index in [0.717, 1.165) is 11.8 Å². The van der Waals surface area contributed by atoms with Crippen molar-refractivity contribution in [2.75, 3.05) is 7.05 Å². The van der Waals surface area contributed by atoms with Crippen molar-refractivity contribution in [3.05, 3.63) is 35.3 Å². The van der Waals surface area contributed by atoms with Crippen LogP contribution in [0.4, 0.5) is 0 Å². The molecule has 2 N–H and O–H groups in total. The van der Waals surface area contributed by atoms with Gasteiger partial charge in [-0.05, 0) is 30.4 Å². The average Bonchev–Trinajstić information content (AvgIpc) is 2.78. The highest BCUT2D eigenvalue weighted by Gasteiger charge is 2.34. The molecule has 0 fully saturated rings. The Hall–Kier alpha value is -2.21. The first-order chi connectivity index (χ1) is 15.3. The lowest BCUT2D eigenvalue weighted by Gasteiger charge is -2.26. The molecule has 6 nitrogen and oxygen atoms in total. The zero-order valence-electron chi connectivity index (χ0n) is 23.2. The van der Waals surface area contributed by atoms with Gasteiger partial charge in [0, 0.05) is 26.8 Å². The van der Waals surface area contributed by atoms with E-state index in [9.17, 15) is 19.5 Å². The highest BCUT2D eigenvalue weighted by atomic mass is 16.3. The molecule has 6 heteroatoms. The molecule has 0 bridgehead atoms. The number of hydrogen-bond acceptors (Lipinski definition) is 4. The molecule has 0 radical (unpaired) electrons. The third-order valence-electron chi connectivity index (χ3n) is 4.57. The summed E-state index contributed by atoms with van der Waals surface area (Å²) in [4.78, 5) is 39.6. The molecule has 0 saturated carbocycles. The SMILES string of the molecule is [2H]c1c([2H])c([2H])c2c(c1[2H])CC([2H])(C)N(C)C(=O)[C@@]2([2H])NC(=O)[C@]([2H])(C)CC(=O)[C@@H](O)C(C)C. The normalized spacial score (nSPS) is 32.3. The zero-order chi connectivity index (χ0) is 26.5. The van der Waals surface area contributed by atoms with Gasteiger partial charge in [-0.3, -0.25) is 14.4 Å². The molecule has 1 aromatic rings. The predicted octanol–water partition coefficient (Wildman–Crippen LogP) is 1.86. The third kappa shape index (κ3) is 4.75. The molecule has 27 heavy (non-hydrogen) atoms. The second-order valence-electron chi connectivity index (χ2n) is 7.07. The van der Waals surface area contributed by atoms with Crippen molar-refractivity contribution in [3.63, 3.8) is 0 Å². The second kappa shape index (κ2) is 8.65. The van der Waals surface area contributed by atoms with Gasteiger partial charge in [-0.1, -0.05) is 44.9 Å². The van der Waals surface area contributed by atoms with Gasteiger partial charge in [-0.2, -0.15) is 0 Å². The van der Waals surface area contributed by atoms with E-state index >= 15 is 0 Å². The van der Waals surface area contributed by atoms with E-state index in [1.165, 1.54) is 14.0 Å². The van der Waals surface area contributed by atoms with Crippen molar-refractivity contribution >= 4 is 17.6 Å². The number of fused-ring (bicyclic) bond motifs is 1. The second-order valence-corrected chi connectivity index (χ2v) is 7.07. The number of ketones is 1. The number of amides is 2. The van der Waals surface area contributed by atoms with Crippen LogP contribution in [0.2, 0.25) is 0 Å². The van der Waals surface area contributed by atoms with Crippen molar-refractivity contribution in [1.82, 2.24) is 10.2 Å². The Kier molecular flexibility index (Phi) is 4.18. The molecule has 1 unspecified atom stereocenters. The number of aliphatic hydroxyl groups excluding tert-OH is 1. The zero-order valence-corrected chi connectivity index (χ0v) is 16.2. The highest BCUT2D eigenvalue weighted by molar-refractivity contribution is 5.93. The van der Waals surface area contributed by atoms with Crippen molar-refractivity contribution in [2.24, 2.45) is 11.8 Å². The Labute approximate surface area is 170 Å². The monoisotopic (exact) mass is 381 g/mol. The molecule has 1 aliphatic heterocycles. The van der Waals surface area contributed by atoms with Crippen LogP contribution in [0.15, 0.2) is 24.2 Å². The van der Waals surface area contributed by atoms with E-state index in [1.807, 2.05) is 0 Å². The van der Waals surface area contributed by atoms with Gasteiger partial charge in [-0.25, -0.2) is 0 Å². The number of benzene rings is 1. The number of carbonyl (C=O) groups excluding carboxylic acids is 3. The fraction of sp³-hybridized carbons (Fsp3) is 0.571. The van der Waals surface area contributed by atoms with Gasteiger partial charge in [0.1, 0.15) is 12.1 Å². The first-order valence-electron chi connectivity index (χ1n) is 12.2. The van der Waals surface area contributed by atoms with Crippen LogP contribution in [-0.2, 0) is 20.8 Å². The maximum absolute atomic E-state index is 13.4. The maximum atomic E-state index is 13.4. The summed E-state index contributed by atoms with van der Waals surface area (Å²) < 4.78 is 58.4. The van der Waals surface area contributed by atoms with Crippen molar-refractivity contribution in [1.29, 1.82) is 0 Å². The molecule has 4 atom stereocenters. The molecule has 148 valence electrons. The first kappa shape index (κ1) is 13.0. The Morgan fingerprint density at radius 1 is 1.41 bits per heavy atom. The predicted molar refractivity (Wildman–Crippen MR) is 103 cm³/mol. The van der Waals surface area contributed by atoms with E-state index in [0.29, 0.717) is 0 Å². The molecule has 1 heterocycles. The molecular formula is C21H30N2O4. The summed E-state index contributed by atoms with van der Waals surface area (Å²) in [6.07, 6.45) is -2.46. The number of nitrogens with one attached hydrogen (secondary N) is 1. The lowest BCUT2D eigenvalue weighted by atomic mass is 9.94. The van der Waals surface area contributed by atoms with E-state index in [-0.39, 0.29) is 12.0 Å². The summed E-state index contributed by atoms with van der Waals surface area (Å²) in [7, 11) is 1.22. The topological polar surface area (TPSA) is 86.7 Å². The average molecular weight is 382 g/mol. The smallest absolute Gasteiger partial charge is 0.249 e. The Balaban J connectivity index is 2.65. The van der Waals surface area contributed by atoms with Gasteiger partial charge >= 0.3 is 0 Å². The van der Waals surface area contributed by atoms with Crippen LogP contribution >= 0.6 is 0 Å².